The van der Waals surface area contributed by atoms with Crippen molar-refractivity contribution < 1.29 is 30.0 Å². The van der Waals surface area contributed by atoms with Crippen LogP contribution in [-0.2, 0) is 30.3 Å². The smallest absolute Gasteiger partial charge is 0.164 e. The molecule has 6 rings (SSSR count). The van der Waals surface area contributed by atoms with Crippen LogP contribution < -0.4 is 0 Å². The molecule has 0 bridgehead atoms. The van der Waals surface area contributed by atoms with E-state index in [0.717, 1.165) is 36.9 Å². The zero-order valence-corrected chi connectivity index (χ0v) is 33.8. The first-order valence-electron chi connectivity index (χ1n) is 16.4. The summed E-state index contributed by atoms with van der Waals surface area (Å²) in [5.41, 5.74) is 2.98. The number of thiophene rings is 3. The molecule has 6 aromatic rings. The normalized spacial score (nSPS) is 12.8. The summed E-state index contributed by atoms with van der Waals surface area (Å²) in [6.07, 6.45) is 6.70. The Morgan fingerprint density at radius 1 is 0.851 bits per heavy atom. The van der Waals surface area contributed by atoms with Crippen LogP contribution in [0.5, 0.6) is 0 Å². The number of aliphatic hydroxyl groups is 1. The number of hydrogen-bond donors (Lipinski definition) is 1. The van der Waals surface area contributed by atoms with E-state index in [1.165, 1.54) is 52.0 Å². The van der Waals surface area contributed by atoms with Gasteiger partial charge in [-0.15, -0.1) is 46.3 Å². The Morgan fingerprint density at radius 3 is 2.13 bits per heavy atom. The van der Waals surface area contributed by atoms with Crippen LogP contribution in [0.3, 0.4) is 0 Å². The van der Waals surface area contributed by atoms with Crippen molar-refractivity contribution in [3.63, 3.8) is 0 Å². The van der Waals surface area contributed by atoms with E-state index in [0.29, 0.717) is 0 Å². The van der Waals surface area contributed by atoms with Crippen molar-refractivity contribution in [3.05, 3.63) is 76.8 Å². The molecule has 0 saturated heterocycles. The largest absolute Gasteiger partial charge is 0.512 e. The minimum absolute atomic E-state index is 0. The summed E-state index contributed by atoms with van der Waals surface area (Å²) >= 11 is 5.51. The Balaban J connectivity index is 0.000000242. The van der Waals surface area contributed by atoms with E-state index >= 15 is 0 Å². The van der Waals surface area contributed by atoms with Crippen molar-refractivity contribution in [1.82, 2.24) is 4.98 Å². The molecule has 0 atom stereocenters. The molecule has 0 aliphatic heterocycles. The standard InChI is InChI=1S/C25H18NS3.C15H28O2.Ir/c1-25(2,3)18-13-16(12-15-8-11-27-22(15)18)21-20-17-5-4-14-7-10-28-23(14)24(17)29-19(20)6-9-26-21;1-7-14(5,8-2)12(16)11-13(17)15(6,9-3)10-4;/h4-11,13H,1-3H3;11,16H,7-10H2,1-6H3;/q-1;;/b;12-11-;. The quantitative estimate of drug-likeness (QED) is 0.0942. The van der Waals surface area contributed by atoms with Gasteiger partial charge in [-0.05, 0) is 74.8 Å². The van der Waals surface area contributed by atoms with E-state index in [1.807, 2.05) is 70.4 Å². The SMILES string of the molecule is CC(C)(C)c1cc(-c2nccc3sc4c(ccc5ccsc54)c23)[c-]c2ccsc12.CCC(C)(CC)C(=O)/C=C(\O)C(C)(CC)CC.[Ir]. The van der Waals surface area contributed by atoms with Gasteiger partial charge in [0, 0.05) is 53.6 Å². The van der Waals surface area contributed by atoms with Gasteiger partial charge in [-0.1, -0.05) is 85.6 Å². The van der Waals surface area contributed by atoms with Gasteiger partial charge in [0.25, 0.3) is 0 Å². The molecule has 0 aliphatic carbocycles. The number of aromatic nitrogens is 1. The van der Waals surface area contributed by atoms with Crippen molar-refractivity contribution in [2.75, 3.05) is 0 Å². The molecule has 251 valence electrons. The number of carbonyl (C=O) groups excluding carboxylic acids is 1. The van der Waals surface area contributed by atoms with E-state index in [4.69, 9.17) is 4.98 Å². The molecule has 0 aliphatic rings. The monoisotopic (exact) mass is 861 g/mol. The van der Waals surface area contributed by atoms with Crippen molar-refractivity contribution in [1.29, 1.82) is 0 Å². The fourth-order valence-corrected chi connectivity index (χ4v) is 9.12. The van der Waals surface area contributed by atoms with Gasteiger partial charge in [0.05, 0.1) is 9.40 Å². The fourth-order valence-electron chi connectivity index (χ4n) is 5.78. The minimum atomic E-state index is -0.337. The maximum atomic E-state index is 12.2. The number of aliphatic hydroxyl groups excluding tert-OH is 1. The van der Waals surface area contributed by atoms with Gasteiger partial charge in [0.1, 0.15) is 5.76 Å². The Hall–Kier alpha value is -2.41. The molecule has 4 aromatic heterocycles. The first-order valence-corrected chi connectivity index (χ1v) is 18.9. The number of fused-ring (bicyclic) bond motifs is 6. The molecule has 3 nitrogen and oxygen atoms in total. The second kappa shape index (κ2) is 14.6. The Morgan fingerprint density at radius 2 is 1.49 bits per heavy atom. The first-order chi connectivity index (χ1) is 21.8. The Kier molecular flexibility index (Phi) is 11.6. The molecule has 1 radical (unpaired) electrons. The molecule has 0 saturated carbocycles. The van der Waals surface area contributed by atoms with Crippen molar-refractivity contribution in [2.45, 2.75) is 93.4 Å². The van der Waals surface area contributed by atoms with E-state index in [1.54, 1.807) is 11.3 Å². The van der Waals surface area contributed by atoms with Crippen molar-refractivity contribution in [3.8, 4) is 11.3 Å². The summed E-state index contributed by atoms with van der Waals surface area (Å²) in [5.74, 6) is 0.286. The molecular weight excluding hydrogens is 815 g/mol. The molecule has 0 fully saturated rings. The first kappa shape index (κ1) is 37.4. The van der Waals surface area contributed by atoms with Crippen LogP contribution in [0.15, 0.2) is 65.2 Å². The average Bonchev–Trinajstić information content (AvgIpc) is 3.81. The molecule has 0 spiro atoms. The van der Waals surface area contributed by atoms with Gasteiger partial charge in [0.2, 0.25) is 0 Å². The van der Waals surface area contributed by atoms with Gasteiger partial charge in [-0.2, -0.15) is 11.3 Å². The maximum Gasteiger partial charge on any atom is 0.164 e. The predicted octanol–water partition coefficient (Wildman–Crippen LogP) is 13.3. The number of nitrogens with zero attached hydrogens (tertiary/aromatic N) is 1. The number of pyridine rings is 1. The van der Waals surface area contributed by atoms with Gasteiger partial charge in [0.15, 0.2) is 5.78 Å². The van der Waals surface area contributed by atoms with Crippen molar-refractivity contribution in [2.24, 2.45) is 10.8 Å². The van der Waals surface area contributed by atoms with Crippen LogP contribution in [0.25, 0.3) is 51.6 Å². The third-order valence-corrected chi connectivity index (χ3v) is 13.3. The third-order valence-electron chi connectivity index (χ3n) is 10.1. The number of ketones is 1. The summed E-state index contributed by atoms with van der Waals surface area (Å²) in [6, 6.07) is 17.0. The van der Waals surface area contributed by atoms with E-state index in [2.05, 4.69) is 74.0 Å². The fraction of sp³-hybridized carbons (Fsp3) is 0.400. The summed E-state index contributed by atoms with van der Waals surface area (Å²) < 4.78 is 5.38. The minimum Gasteiger partial charge on any atom is -0.512 e. The zero-order chi connectivity index (χ0) is 33.4. The Bertz CT molecular complexity index is 2050. The van der Waals surface area contributed by atoms with Gasteiger partial charge in [-0.25, -0.2) is 0 Å². The molecule has 0 amide bonds. The average molecular weight is 861 g/mol. The number of benzene rings is 2. The molecule has 4 heterocycles. The molecule has 1 N–H and O–H groups in total. The van der Waals surface area contributed by atoms with Crippen molar-refractivity contribution >= 4 is 80.1 Å². The number of carbonyl (C=O) groups is 1. The molecular formula is C40H46IrNO2S3-. The van der Waals surface area contributed by atoms with Crippen LogP contribution in [-0.4, -0.2) is 15.9 Å². The van der Waals surface area contributed by atoms with Gasteiger partial charge in [-0.3, -0.25) is 9.78 Å². The summed E-state index contributed by atoms with van der Waals surface area (Å²) in [5, 5.41) is 19.6. The zero-order valence-electron chi connectivity index (χ0n) is 29.0. The summed E-state index contributed by atoms with van der Waals surface area (Å²) in [6.45, 7) is 18.9. The Labute approximate surface area is 305 Å². The summed E-state index contributed by atoms with van der Waals surface area (Å²) in [4.78, 5) is 17.0. The third kappa shape index (κ3) is 7.16. The second-order valence-electron chi connectivity index (χ2n) is 13.9. The van der Waals surface area contributed by atoms with Crippen LogP contribution >= 0.6 is 34.0 Å². The summed E-state index contributed by atoms with van der Waals surface area (Å²) in [7, 11) is 0. The molecule has 0 unspecified atom stereocenters. The van der Waals surface area contributed by atoms with Gasteiger partial charge >= 0.3 is 0 Å². The van der Waals surface area contributed by atoms with E-state index in [-0.39, 0.29) is 47.9 Å². The predicted molar refractivity (Wildman–Crippen MR) is 204 cm³/mol. The van der Waals surface area contributed by atoms with E-state index < -0.39 is 0 Å². The van der Waals surface area contributed by atoms with Crippen LogP contribution in [0, 0.1) is 16.9 Å². The van der Waals surface area contributed by atoms with Crippen LogP contribution in [0.4, 0.5) is 0 Å². The number of hydrogen-bond acceptors (Lipinski definition) is 6. The van der Waals surface area contributed by atoms with Crippen LogP contribution in [0.2, 0.25) is 0 Å². The topological polar surface area (TPSA) is 50.2 Å². The molecule has 47 heavy (non-hydrogen) atoms. The molecule has 2 aromatic carbocycles. The van der Waals surface area contributed by atoms with Gasteiger partial charge < -0.3 is 5.11 Å². The second-order valence-corrected chi connectivity index (χ2v) is 16.7. The number of allylic oxidation sites excluding steroid dienone is 2. The molecule has 7 heteroatoms. The number of rotatable bonds is 8. The van der Waals surface area contributed by atoms with Crippen LogP contribution in [0.1, 0.15) is 93.6 Å². The van der Waals surface area contributed by atoms with E-state index in [9.17, 15) is 9.90 Å². The maximum absolute atomic E-state index is 12.2.